The zero-order valence-electron chi connectivity index (χ0n) is 19.1. The Morgan fingerprint density at radius 1 is 1.15 bits per heavy atom. The van der Waals surface area contributed by atoms with Crippen LogP contribution in [0.1, 0.15) is 30.1 Å². The van der Waals surface area contributed by atoms with Crippen molar-refractivity contribution in [2.24, 2.45) is 0 Å². The highest BCUT2D eigenvalue weighted by atomic mass is 32.2. The summed E-state index contributed by atoms with van der Waals surface area (Å²) in [4.78, 5) is 11.3. The molecule has 7 nitrogen and oxygen atoms in total. The van der Waals surface area contributed by atoms with E-state index in [9.17, 15) is 13.2 Å². The minimum Gasteiger partial charge on any atom is -0.480 e. The van der Waals surface area contributed by atoms with Crippen LogP contribution in [0.5, 0.6) is 0 Å². The van der Waals surface area contributed by atoms with Gasteiger partial charge in [0.15, 0.2) is 0 Å². The van der Waals surface area contributed by atoms with Gasteiger partial charge in [-0.05, 0) is 42.5 Å². The quantitative estimate of drug-likeness (QED) is 0.501. The molecule has 2 N–H and O–H groups in total. The number of carbonyl (C=O) groups is 1. The monoisotopic (exact) mass is 483 g/mol. The molecule has 0 bridgehead atoms. The molecule has 4 rings (SSSR count). The number of hydrogen-bond acceptors (Lipinski definition) is 4. The second kappa shape index (κ2) is 8.89. The topological polar surface area (TPSA) is 101 Å². The van der Waals surface area contributed by atoms with Crippen LogP contribution in [0, 0.1) is 0 Å². The normalized spacial score (nSPS) is 16.4. The van der Waals surface area contributed by atoms with Crippen molar-refractivity contribution >= 4 is 29.3 Å². The van der Waals surface area contributed by atoms with Crippen LogP contribution < -0.4 is 9.91 Å². The van der Waals surface area contributed by atoms with Crippen LogP contribution in [-0.2, 0) is 27.8 Å². The summed E-state index contributed by atoms with van der Waals surface area (Å²) in [5, 5.41) is 14.6. The summed E-state index contributed by atoms with van der Waals surface area (Å²) in [5.74, 6) is -0.973. The molecule has 1 unspecified atom stereocenters. The molecule has 0 spiro atoms. The lowest BCUT2D eigenvalue weighted by molar-refractivity contribution is -0.137. The Morgan fingerprint density at radius 2 is 1.88 bits per heavy atom. The molecular formula is C24H29N3O4SSi. The third kappa shape index (κ3) is 5.10. The fraction of sp³-hybridized carbons (Fsp3) is 0.333. The van der Waals surface area contributed by atoms with Gasteiger partial charge in [-0.1, -0.05) is 61.2 Å². The summed E-state index contributed by atoms with van der Waals surface area (Å²) >= 11 is 0. The fourth-order valence-electron chi connectivity index (χ4n) is 4.25. The molecule has 0 amide bonds. The van der Waals surface area contributed by atoms with E-state index in [4.69, 9.17) is 5.11 Å². The van der Waals surface area contributed by atoms with Crippen molar-refractivity contribution < 1.29 is 18.3 Å². The first-order valence-corrected chi connectivity index (χ1v) is 16.0. The number of hydrogen-bond donors (Lipinski definition) is 2. The van der Waals surface area contributed by atoms with Gasteiger partial charge >= 0.3 is 5.97 Å². The minimum atomic E-state index is -3.74. The number of sulfonamides is 1. The Labute approximate surface area is 195 Å². The molecule has 3 aromatic rings. The van der Waals surface area contributed by atoms with Crippen molar-refractivity contribution in [3.63, 3.8) is 0 Å². The first kappa shape index (κ1) is 23.4. The third-order valence-electron chi connectivity index (χ3n) is 6.07. The number of nitrogens with zero attached hydrogens (tertiary/aromatic N) is 2. The molecule has 0 saturated carbocycles. The number of rotatable bonds is 7. The van der Waals surface area contributed by atoms with Crippen molar-refractivity contribution in [3.05, 3.63) is 66.0 Å². The zero-order chi connectivity index (χ0) is 23.8. The molecule has 1 aliphatic carbocycles. The molecule has 1 atom stereocenters. The first-order chi connectivity index (χ1) is 15.5. The van der Waals surface area contributed by atoms with Crippen LogP contribution >= 0.6 is 0 Å². The van der Waals surface area contributed by atoms with Crippen LogP contribution in [0.2, 0.25) is 19.6 Å². The standard InChI is InChI=1S/C24H29N3O4SSi/c1-33(2,3)20-7-4-6-18(14-20)17-10-12-19(13-11-17)32(30,31)26-22-8-5-9-23-21(22)15-25-27(23)16-24(28)29/h4,6-7,10-15,22,26H,5,8-9,16H2,1-3H3,(H,28,29). The van der Waals surface area contributed by atoms with Crippen molar-refractivity contribution in [2.75, 3.05) is 0 Å². The number of benzene rings is 2. The lowest BCUT2D eigenvalue weighted by atomic mass is 9.94. The molecule has 1 aromatic heterocycles. The van der Waals surface area contributed by atoms with Gasteiger partial charge in [0.25, 0.3) is 0 Å². The first-order valence-electron chi connectivity index (χ1n) is 11.0. The molecule has 174 valence electrons. The molecule has 0 saturated heterocycles. The number of fused-ring (bicyclic) bond motifs is 1. The van der Waals surface area contributed by atoms with E-state index < -0.39 is 30.1 Å². The summed E-state index contributed by atoms with van der Waals surface area (Å²) < 4.78 is 30.4. The van der Waals surface area contributed by atoms with Gasteiger partial charge < -0.3 is 5.11 Å². The summed E-state index contributed by atoms with van der Waals surface area (Å²) in [5.41, 5.74) is 3.60. The van der Waals surface area contributed by atoms with Gasteiger partial charge in [-0.25, -0.2) is 13.1 Å². The molecule has 1 heterocycles. The second-order valence-corrected chi connectivity index (χ2v) is 16.3. The number of nitrogens with one attached hydrogen (secondary N) is 1. The molecule has 1 aliphatic rings. The molecule has 0 radical (unpaired) electrons. The van der Waals surface area contributed by atoms with E-state index in [0.29, 0.717) is 12.8 Å². The van der Waals surface area contributed by atoms with Crippen LogP contribution in [0.4, 0.5) is 0 Å². The molecule has 33 heavy (non-hydrogen) atoms. The molecule has 0 fully saturated rings. The fourth-order valence-corrected chi connectivity index (χ4v) is 6.69. The van der Waals surface area contributed by atoms with Crippen LogP contribution in [0.25, 0.3) is 11.1 Å². The highest BCUT2D eigenvalue weighted by Gasteiger charge is 2.29. The van der Waals surface area contributed by atoms with Gasteiger partial charge in [0.1, 0.15) is 6.54 Å². The van der Waals surface area contributed by atoms with Gasteiger partial charge in [-0.15, -0.1) is 0 Å². The predicted molar refractivity (Wildman–Crippen MR) is 131 cm³/mol. The van der Waals surface area contributed by atoms with E-state index in [1.165, 1.54) is 9.87 Å². The number of aliphatic carboxylic acids is 1. The van der Waals surface area contributed by atoms with Gasteiger partial charge in [-0.2, -0.15) is 5.10 Å². The Morgan fingerprint density at radius 3 is 2.55 bits per heavy atom. The molecular weight excluding hydrogens is 454 g/mol. The van der Waals surface area contributed by atoms with E-state index in [1.807, 2.05) is 18.2 Å². The van der Waals surface area contributed by atoms with Crippen molar-refractivity contribution in [2.45, 2.75) is 56.4 Å². The highest BCUT2D eigenvalue weighted by Crippen LogP contribution is 2.31. The largest absolute Gasteiger partial charge is 0.480 e. The van der Waals surface area contributed by atoms with Crippen molar-refractivity contribution in [1.82, 2.24) is 14.5 Å². The predicted octanol–water partition coefficient (Wildman–Crippen LogP) is 3.54. The number of aromatic nitrogens is 2. The molecule has 9 heteroatoms. The number of carboxylic acid groups (broad SMARTS) is 1. The summed E-state index contributed by atoms with van der Waals surface area (Å²) in [6, 6.07) is 15.0. The van der Waals surface area contributed by atoms with E-state index in [0.717, 1.165) is 28.8 Å². The third-order valence-corrected chi connectivity index (χ3v) is 9.60. The maximum Gasteiger partial charge on any atom is 0.325 e. The van der Waals surface area contributed by atoms with Crippen LogP contribution in [-0.4, -0.2) is 37.3 Å². The maximum absolute atomic E-state index is 13.1. The van der Waals surface area contributed by atoms with Gasteiger partial charge in [0.2, 0.25) is 10.0 Å². The summed E-state index contributed by atoms with van der Waals surface area (Å²) in [7, 11) is -5.19. The Bertz CT molecular complexity index is 1280. The van der Waals surface area contributed by atoms with Gasteiger partial charge in [0.05, 0.1) is 25.2 Å². The van der Waals surface area contributed by atoms with E-state index >= 15 is 0 Å². The summed E-state index contributed by atoms with van der Waals surface area (Å²) in [6.07, 6.45) is 3.68. The Hall–Kier alpha value is -2.75. The summed E-state index contributed by atoms with van der Waals surface area (Å²) in [6.45, 7) is 6.68. The van der Waals surface area contributed by atoms with Gasteiger partial charge in [0, 0.05) is 11.3 Å². The van der Waals surface area contributed by atoms with Crippen molar-refractivity contribution in [3.8, 4) is 11.1 Å². The maximum atomic E-state index is 13.1. The van der Waals surface area contributed by atoms with Crippen LogP contribution in [0.15, 0.2) is 59.6 Å². The van der Waals surface area contributed by atoms with E-state index in [1.54, 1.807) is 18.3 Å². The zero-order valence-corrected chi connectivity index (χ0v) is 20.9. The van der Waals surface area contributed by atoms with E-state index in [2.05, 4.69) is 47.7 Å². The lowest BCUT2D eigenvalue weighted by Crippen LogP contribution is -2.37. The average molecular weight is 484 g/mol. The van der Waals surface area contributed by atoms with Crippen LogP contribution in [0.3, 0.4) is 0 Å². The average Bonchev–Trinajstić information content (AvgIpc) is 3.16. The highest BCUT2D eigenvalue weighted by molar-refractivity contribution is 7.89. The lowest BCUT2D eigenvalue weighted by Gasteiger charge is -2.24. The van der Waals surface area contributed by atoms with E-state index in [-0.39, 0.29) is 11.4 Å². The minimum absolute atomic E-state index is 0.206. The Kier molecular flexibility index (Phi) is 6.30. The SMILES string of the molecule is C[Si](C)(C)c1cccc(-c2ccc(S(=O)(=O)NC3CCCc4c3cnn4CC(=O)O)cc2)c1. The number of carboxylic acids is 1. The second-order valence-electron chi connectivity index (χ2n) is 9.52. The Balaban J connectivity index is 1.55. The smallest absolute Gasteiger partial charge is 0.325 e. The van der Waals surface area contributed by atoms with Gasteiger partial charge in [-0.3, -0.25) is 9.48 Å². The van der Waals surface area contributed by atoms with Crippen molar-refractivity contribution in [1.29, 1.82) is 0 Å². The molecule has 2 aromatic carbocycles. The molecule has 0 aliphatic heterocycles.